The molecule has 5 heteroatoms. The van der Waals surface area contributed by atoms with E-state index in [1.165, 1.54) is 54.1 Å². The normalized spacial score (nSPS) is 10.8. The minimum atomic E-state index is -1.14. The Hall–Kier alpha value is -5.76. The molecule has 1 aromatic heterocycles. The first-order valence-electron chi connectivity index (χ1n) is 20.7. The van der Waals surface area contributed by atoms with Gasteiger partial charge in [-0.2, -0.15) is 0 Å². The van der Waals surface area contributed by atoms with Crippen molar-refractivity contribution in [3.8, 4) is 23.0 Å². The van der Waals surface area contributed by atoms with Gasteiger partial charge in [-0.05, 0) is 89.8 Å². The summed E-state index contributed by atoms with van der Waals surface area (Å²) < 4.78 is 5.67. The van der Waals surface area contributed by atoms with Crippen LogP contribution in [0.25, 0.3) is 33.1 Å². The Kier molecular flexibility index (Phi) is 16.1. The van der Waals surface area contributed by atoms with Crippen LogP contribution in [0.1, 0.15) is 22.3 Å². The summed E-state index contributed by atoms with van der Waals surface area (Å²) in [7, 11) is -2.28. The number of hydrogen-bond donors (Lipinski definition) is 0. The molecule has 11 rings (SSSR count). The van der Waals surface area contributed by atoms with Gasteiger partial charge in [0.25, 0.3) is 0 Å². The van der Waals surface area contributed by atoms with E-state index < -0.39 is 15.8 Å². The molecule has 0 unspecified atom stereocenters. The van der Waals surface area contributed by atoms with Crippen LogP contribution in [-0.4, -0.2) is 0 Å². The maximum atomic E-state index is 7.12. The van der Waals surface area contributed by atoms with Gasteiger partial charge >= 0.3 is 44.8 Å². The van der Waals surface area contributed by atoms with E-state index in [-0.39, 0.29) is 44.8 Å². The van der Waals surface area contributed by atoms with Gasteiger partial charge in [0.05, 0.1) is 0 Å². The second kappa shape index (κ2) is 22.2. The molecule has 0 aliphatic heterocycles. The van der Waals surface area contributed by atoms with Crippen molar-refractivity contribution in [3.63, 3.8) is 0 Å². The van der Waals surface area contributed by atoms with E-state index in [4.69, 9.17) is 17.3 Å². The molecular weight excluding hydrogens is 1180 g/mol. The summed E-state index contributed by atoms with van der Waals surface area (Å²) >= 11 is 0. The minimum Gasteiger partial charge on any atom is -0.458 e. The van der Waals surface area contributed by atoms with Crippen molar-refractivity contribution in [1.82, 2.24) is 0 Å². The second-order valence-electron chi connectivity index (χ2n) is 15.0. The summed E-state index contributed by atoms with van der Waals surface area (Å²) in [5.74, 6) is 4.79. The van der Waals surface area contributed by atoms with Crippen LogP contribution in [0, 0.1) is 24.7 Å². The van der Waals surface area contributed by atoms with E-state index in [1.54, 1.807) is 0 Å². The zero-order valence-electron chi connectivity index (χ0n) is 34.7. The smallest absolute Gasteiger partial charge is 0.458 e. The third-order valence-electron chi connectivity index (χ3n) is 11.2. The average Bonchev–Trinajstić information content (AvgIpc) is 3.91. The number of para-hydroxylation sites is 1. The molecule has 1 aliphatic carbocycles. The topological polar surface area (TPSA) is 13.1 Å². The predicted octanol–water partition coefficient (Wildman–Crippen LogP) is 11.4. The molecule has 0 bridgehead atoms. The third-order valence-corrected chi connectivity index (χ3v) is 17.0. The Morgan fingerprint density at radius 1 is 0.359 bits per heavy atom. The molecule has 1 heterocycles. The molecule has 9 aromatic carbocycles. The maximum absolute atomic E-state index is 7.12. The Morgan fingerprint density at radius 2 is 0.766 bits per heavy atom. The molecule has 0 fully saturated rings. The molecule has 314 valence electrons. The number of hydrogen-bond acceptors (Lipinski definition) is 1. The van der Waals surface area contributed by atoms with Gasteiger partial charge in [0.1, 0.15) is 58.8 Å². The van der Waals surface area contributed by atoms with Gasteiger partial charge in [-0.3, -0.25) is 11.8 Å². The van der Waals surface area contributed by atoms with Crippen LogP contribution in [0.3, 0.4) is 0 Å². The molecule has 0 N–H and O–H groups in total. The van der Waals surface area contributed by atoms with Gasteiger partial charge in [0.2, 0.25) is 0 Å². The van der Waals surface area contributed by atoms with E-state index in [2.05, 4.69) is 194 Å². The largest absolute Gasteiger partial charge is 1.00 e. The molecule has 10 aromatic rings. The van der Waals surface area contributed by atoms with Crippen molar-refractivity contribution >= 4 is 69.6 Å². The van der Waals surface area contributed by atoms with Crippen LogP contribution in [0.2, 0.25) is 0 Å². The van der Waals surface area contributed by atoms with Crippen LogP contribution in [0.15, 0.2) is 235 Å². The van der Waals surface area contributed by atoms with Crippen LogP contribution in [0.5, 0.6) is 0 Å². The molecule has 0 amide bonds. The zero-order valence-corrected chi connectivity index (χ0v) is 41.0. The van der Waals surface area contributed by atoms with Crippen molar-refractivity contribution in [2.45, 2.75) is 6.42 Å². The third kappa shape index (κ3) is 10.3. The standard InChI is InChI=1S/C30H24P2.C15H9.C14H7O.2Au/c1-5-15-25(16-6-1)31(26-17-7-2-8-18-26)29-23-13-14-24-30(29)32(27-19-9-3-10-20-27)28-21-11-4-12-22-28;1-2-11-7-8-15-13(9-11)10-12-5-3-4-6-14(12)15;1-2-10-7-8-12-11-5-3-4-6-13(11)15-14(12)9-10;;/h1-24H;3-9H,10H2;3-9H;;/q;2*-1;2*+1/p+2. The molecule has 1 aliphatic rings. The van der Waals surface area contributed by atoms with E-state index in [0.717, 1.165) is 39.5 Å². The van der Waals surface area contributed by atoms with E-state index in [1.807, 2.05) is 48.5 Å². The fourth-order valence-electron chi connectivity index (χ4n) is 8.32. The van der Waals surface area contributed by atoms with Gasteiger partial charge in [-0.25, -0.2) is 0 Å². The van der Waals surface area contributed by atoms with Crippen molar-refractivity contribution < 1.29 is 49.2 Å². The van der Waals surface area contributed by atoms with Gasteiger partial charge in [0.15, 0.2) is 0 Å². The van der Waals surface area contributed by atoms with Gasteiger partial charge in [0, 0.05) is 10.8 Å². The van der Waals surface area contributed by atoms with Gasteiger partial charge in [-0.15, -0.1) is 29.3 Å². The van der Waals surface area contributed by atoms with E-state index >= 15 is 0 Å². The van der Waals surface area contributed by atoms with Crippen LogP contribution in [0.4, 0.5) is 0 Å². The Bertz CT molecular complexity index is 3010. The number of benzene rings is 9. The summed E-state index contributed by atoms with van der Waals surface area (Å²) in [4.78, 5) is 0. The van der Waals surface area contributed by atoms with Crippen molar-refractivity contribution in [3.05, 3.63) is 266 Å². The zero-order chi connectivity index (χ0) is 42.1. The first-order chi connectivity index (χ1) is 30.7. The van der Waals surface area contributed by atoms with Crippen LogP contribution < -0.4 is 31.8 Å². The summed E-state index contributed by atoms with van der Waals surface area (Å²) in [6.07, 6.45) is 15.2. The Morgan fingerprint density at radius 3 is 1.30 bits per heavy atom. The Labute approximate surface area is 410 Å². The summed E-state index contributed by atoms with van der Waals surface area (Å²) in [5.41, 5.74) is 8.64. The minimum absolute atomic E-state index is 0. The van der Waals surface area contributed by atoms with Crippen molar-refractivity contribution in [1.29, 1.82) is 0 Å². The quantitative estimate of drug-likeness (QED) is 0.0700. The molecule has 0 spiro atoms. The van der Waals surface area contributed by atoms with Crippen molar-refractivity contribution in [2.75, 3.05) is 0 Å². The Balaban J connectivity index is 0.000000159. The summed E-state index contributed by atoms with van der Waals surface area (Å²) in [6, 6.07) is 81.6. The molecule has 0 atom stereocenters. The molecule has 64 heavy (non-hydrogen) atoms. The second-order valence-corrected chi connectivity index (χ2v) is 19.9. The molecule has 0 saturated heterocycles. The van der Waals surface area contributed by atoms with Crippen molar-refractivity contribution in [2.24, 2.45) is 0 Å². The number of rotatable bonds is 6. The van der Waals surface area contributed by atoms with Gasteiger partial charge in [-0.1, -0.05) is 151 Å². The van der Waals surface area contributed by atoms with Crippen LogP contribution in [-0.2, 0) is 51.2 Å². The van der Waals surface area contributed by atoms with Crippen LogP contribution >= 0.6 is 15.8 Å². The van der Waals surface area contributed by atoms with Gasteiger partial charge < -0.3 is 17.3 Å². The first kappa shape index (κ1) is 46.2. The molecular formula is C59H42Au2OP2+2. The summed E-state index contributed by atoms with van der Waals surface area (Å²) in [5, 5.41) is 10.9. The predicted molar refractivity (Wildman–Crippen MR) is 268 cm³/mol. The first-order valence-corrected chi connectivity index (χ1v) is 23.7. The molecule has 0 saturated carbocycles. The number of fused-ring (bicyclic) bond motifs is 6. The maximum Gasteiger partial charge on any atom is 1.00 e. The van der Waals surface area contributed by atoms with E-state index in [9.17, 15) is 0 Å². The van der Waals surface area contributed by atoms with E-state index in [0.29, 0.717) is 0 Å². The SMILES string of the molecule is [Au+].[Au+].[C-]#Cc1ccc2c(c1)Cc1ccccc1-2.[C-]#Cc1ccc2c(c1)oc1ccccc12.c1ccc([PH+](c2ccccc2)c2ccccc2[PH+](c2ccccc2)c2ccccc2)cc1. The number of furan rings is 1. The fraction of sp³-hybridized carbons (Fsp3) is 0.0169. The monoisotopic (exact) mass is 1220 g/mol. The average molecular weight is 1220 g/mol. The summed E-state index contributed by atoms with van der Waals surface area (Å²) in [6.45, 7) is 0. The fourth-order valence-corrected chi connectivity index (χ4v) is 14.3. The molecule has 1 nitrogen and oxygen atoms in total. The molecule has 0 radical (unpaired) electrons.